The van der Waals surface area contributed by atoms with E-state index in [1.807, 2.05) is 11.7 Å². The van der Waals surface area contributed by atoms with E-state index in [1.54, 1.807) is 11.3 Å². The van der Waals surface area contributed by atoms with Gasteiger partial charge in [0.05, 0.1) is 11.1 Å². The van der Waals surface area contributed by atoms with E-state index in [0.717, 1.165) is 26.0 Å². The Labute approximate surface area is 94.9 Å². The molecule has 0 spiro atoms. The third kappa shape index (κ3) is 3.26. The average Bonchev–Trinajstić information content (AvgIpc) is 2.65. The smallest absolute Gasteiger partial charge is 0.0794 e. The first-order chi connectivity index (χ1) is 7.16. The van der Waals surface area contributed by atoms with E-state index in [-0.39, 0.29) is 5.60 Å². The number of hydrogen-bond donors (Lipinski definition) is 1. The summed E-state index contributed by atoms with van der Waals surface area (Å²) >= 11 is 1.71. The summed E-state index contributed by atoms with van der Waals surface area (Å²) in [5, 5.41) is 3.57. The molecular formula is C11H18N2OS. The van der Waals surface area contributed by atoms with Crippen molar-refractivity contribution in [3.05, 3.63) is 16.6 Å². The first kappa shape index (κ1) is 11.0. The molecule has 1 aromatic rings. The van der Waals surface area contributed by atoms with E-state index in [1.165, 1.54) is 4.88 Å². The summed E-state index contributed by atoms with van der Waals surface area (Å²) in [5.41, 5.74) is 1.91. The van der Waals surface area contributed by atoms with Gasteiger partial charge in [0.1, 0.15) is 0 Å². The molecule has 2 heterocycles. The number of nitrogens with zero attached hydrogens (tertiary/aromatic N) is 1. The lowest BCUT2D eigenvalue weighted by atomic mass is 9.94. The Morgan fingerprint density at radius 1 is 1.67 bits per heavy atom. The summed E-state index contributed by atoms with van der Waals surface area (Å²) in [4.78, 5) is 5.37. The molecule has 3 nitrogen and oxygen atoms in total. The van der Waals surface area contributed by atoms with Crippen molar-refractivity contribution >= 4 is 11.3 Å². The van der Waals surface area contributed by atoms with Gasteiger partial charge in [-0.05, 0) is 26.7 Å². The molecule has 1 aliphatic heterocycles. The van der Waals surface area contributed by atoms with Crippen LogP contribution in [0.5, 0.6) is 0 Å². The van der Waals surface area contributed by atoms with Gasteiger partial charge >= 0.3 is 0 Å². The second-order valence-corrected chi connectivity index (χ2v) is 5.62. The van der Waals surface area contributed by atoms with Crippen LogP contribution in [0, 0.1) is 0 Å². The lowest BCUT2D eigenvalue weighted by molar-refractivity contribution is -0.0630. The monoisotopic (exact) mass is 226 g/mol. The van der Waals surface area contributed by atoms with Crippen molar-refractivity contribution < 1.29 is 4.74 Å². The van der Waals surface area contributed by atoms with Crippen LogP contribution in [0.25, 0.3) is 0 Å². The first-order valence-electron chi connectivity index (χ1n) is 5.40. The molecule has 1 aromatic heterocycles. The number of nitrogens with one attached hydrogen (secondary N) is 1. The van der Waals surface area contributed by atoms with Crippen LogP contribution in [0.3, 0.4) is 0 Å². The highest BCUT2D eigenvalue weighted by Gasteiger charge is 2.28. The molecule has 0 bridgehead atoms. The van der Waals surface area contributed by atoms with Crippen LogP contribution in [0.2, 0.25) is 0 Å². The quantitative estimate of drug-likeness (QED) is 0.858. The summed E-state index contributed by atoms with van der Waals surface area (Å²) in [5.74, 6) is 0. The number of hydrogen-bond acceptors (Lipinski definition) is 4. The average molecular weight is 226 g/mol. The predicted molar refractivity (Wildman–Crippen MR) is 62.0 cm³/mol. The molecular weight excluding hydrogens is 208 g/mol. The SMILES string of the molecule is CC1(C)CC(NCc2cncs2)CCO1. The lowest BCUT2D eigenvalue weighted by Gasteiger charge is -2.35. The third-order valence-corrected chi connectivity index (χ3v) is 3.53. The minimum Gasteiger partial charge on any atom is -0.375 e. The van der Waals surface area contributed by atoms with Crippen LogP contribution in [0.1, 0.15) is 31.6 Å². The zero-order chi connectivity index (χ0) is 10.7. The first-order valence-corrected chi connectivity index (χ1v) is 6.28. The molecule has 0 aromatic carbocycles. The Kier molecular flexibility index (Phi) is 3.38. The molecule has 84 valence electrons. The van der Waals surface area contributed by atoms with Crippen LogP contribution in [-0.2, 0) is 11.3 Å². The highest BCUT2D eigenvalue weighted by molar-refractivity contribution is 7.09. The molecule has 0 radical (unpaired) electrons. The molecule has 1 atom stereocenters. The summed E-state index contributed by atoms with van der Waals surface area (Å²) in [6.07, 6.45) is 4.14. The Morgan fingerprint density at radius 3 is 3.20 bits per heavy atom. The highest BCUT2D eigenvalue weighted by atomic mass is 32.1. The van der Waals surface area contributed by atoms with Gasteiger partial charge in [-0.25, -0.2) is 0 Å². The van der Waals surface area contributed by atoms with Gasteiger partial charge in [0.15, 0.2) is 0 Å². The number of aromatic nitrogens is 1. The molecule has 1 aliphatic rings. The molecule has 1 N–H and O–H groups in total. The van der Waals surface area contributed by atoms with Gasteiger partial charge in [0.25, 0.3) is 0 Å². The van der Waals surface area contributed by atoms with Gasteiger partial charge in [0.2, 0.25) is 0 Å². The van der Waals surface area contributed by atoms with E-state index in [2.05, 4.69) is 24.1 Å². The number of rotatable bonds is 3. The summed E-state index contributed by atoms with van der Waals surface area (Å²) in [6, 6.07) is 0.579. The zero-order valence-electron chi connectivity index (χ0n) is 9.32. The maximum atomic E-state index is 5.68. The Morgan fingerprint density at radius 2 is 2.53 bits per heavy atom. The molecule has 1 fully saturated rings. The van der Waals surface area contributed by atoms with Crippen molar-refractivity contribution in [3.63, 3.8) is 0 Å². The van der Waals surface area contributed by atoms with Crippen LogP contribution >= 0.6 is 11.3 Å². The van der Waals surface area contributed by atoms with E-state index in [9.17, 15) is 0 Å². The number of thiazole rings is 1. The maximum Gasteiger partial charge on any atom is 0.0794 e. The van der Waals surface area contributed by atoms with Gasteiger partial charge in [-0.1, -0.05) is 0 Å². The summed E-state index contributed by atoms with van der Waals surface area (Å²) < 4.78 is 5.68. The van der Waals surface area contributed by atoms with Crippen molar-refractivity contribution in [3.8, 4) is 0 Å². The van der Waals surface area contributed by atoms with Crippen molar-refractivity contribution in [2.24, 2.45) is 0 Å². The summed E-state index contributed by atoms with van der Waals surface area (Å²) in [7, 11) is 0. The molecule has 0 saturated carbocycles. The van der Waals surface area contributed by atoms with Gasteiger partial charge in [-0.2, -0.15) is 0 Å². The van der Waals surface area contributed by atoms with Gasteiger partial charge in [0, 0.05) is 30.3 Å². The molecule has 1 unspecified atom stereocenters. The fourth-order valence-electron chi connectivity index (χ4n) is 1.98. The van der Waals surface area contributed by atoms with Gasteiger partial charge in [-0.3, -0.25) is 4.98 Å². The standard InChI is InChI=1S/C11H18N2OS/c1-11(2)5-9(3-4-14-11)13-7-10-6-12-8-15-10/h6,8-9,13H,3-5,7H2,1-2H3. The minimum atomic E-state index is 0.0314. The lowest BCUT2D eigenvalue weighted by Crippen LogP contribution is -2.43. The fourth-order valence-corrected chi connectivity index (χ4v) is 2.53. The van der Waals surface area contributed by atoms with Crippen LogP contribution in [0.4, 0.5) is 0 Å². The molecule has 0 amide bonds. The molecule has 1 saturated heterocycles. The molecule has 4 heteroatoms. The summed E-state index contributed by atoms with van der Waals surface area (Å²) in [6.45, 7) is 6.12. The van der Waals surface area contributed by atoms with Crippen molar-refractivity contribution in [1.82, 2.24) is 10.3 Å². The van der Waals surface area contributed by atoms with Crippen molar-refractivity contribution in [2.45, 2.75) is 44.9 Å². The van der Waals surface area contributed by atoms with Crippen LogP contribution in [0.15, 0.2) is 11.7 Å². The molecule has 0 aliphatic carbocycles. The van der Waals surface area contributed by atoms with Crippen molar-refractivity contribution in [1.29, 1.82) is 0 Å². The van der Waals surface area contributed by atoms with Crippen molar-refractivity contribution in [2.75, 3.05) is 6.61 Å². The largest absolute Gasteiger partial charge is 0.375 e. The molecule has 15 heavy (non-hydrogen) atoms. The van der Waals surface area contributed by atoms with E-state index in [0.29, 0.717) is 6.04 Å². The van der Waals surface area contributed by atoms with E-state index >= 15 is 0 Å². The Hall–Kier alpha value is -0.450. The minimum absolute atomic E-state index is 0.0314. The van der Waals surface area contributed by atoms with Gasteiger partial charge < -0.3 is 10.1 Å². The number of ether oxygens (including phenoxy) is 1. The zero-order valence-corrected chi connectivity index (χ0v) is 10.1. The van der Waals surface area contributed by atoms with Crippen LogP contribution < -0.4 is 5.32 Å². The van der Waals surface area contributed by atoms with Gasteiger partial charge in [-0.15, -0.1) is 11.3 Å². The normalized spacial score (nSPS) is 25.3. The van der Waals surface area contributed by atoms with E-state index in [4.69, 9.17) is 4.74 Å². The fraction of sp³-hybridized carbons (Fsp3) is 0.727. The second kappa shape index (κ2) is 4.60. The topological polar surface area (TPSA) is 34.2 Å². The highest BCUT2D eigenvalue weighted by Crippen LogP contribution is 2.24. The maximum absolute atomic E-state index is 5.68. The van der Waals surface area contributed by atoms with Crippen LogP contribution in [-0.4, -0.2) is 23.2 Å². The second-order valence-electron chi connectivity index (χ2n) is 4.65. The Bertz CT molecular complexity index is 298. The molecule has 2 rings (SSSR count). The predicted octanol–water partition coefficient (Wildman–Crippen LogP) is 2.19. The Balaban J connectivity index is 1.80. The van der Waals surface area contributed by atoms with E-state index < -0.39 is 0 Å². The third-order valence-electron chi connectivity index (χ3n) is 2.75.